The van der Waals surface area contributed by atoms with E-state index in [-0.39, 0.29) is 17.9 Å². The van der Waals surface area contributed by atoms with Crippen LogP contribution in [-0.4, -0.2) is 36.2 Å². The lowest BCUT2D eigenvalue weighted by molar-refractivity contribution is -0.142. The second kappa shape index (κ2) is 5.26. The topological polar surface area (TPSA) is 75.6 Å². The van der Waals surface area contributed by atoms with Crippen molar-refractivity contribution >= 4 is 11.9 Å². The maximum absolute atomic E-state index is 12.2. The molecular formula is C13H21NO4. The Kier molecular flexibility index (Phi) is 3.90. The molecule has 18 heavy (non-hydrogen) atoms. The number of carboxylic acid groups (broad SMARTS) is 1. The van der Waals surface area contributed by atoms with Gasteiger partial charge in [-0.25, -0.2) is 0 Å². The van der Waals surface area contributed by atoms with Crippen LogP contribution in [0.4, 0.5) is 0 Å². The van der Waals surface area contributed by atoms with Gasteiger partial charge in [0.25, 0.3) is 0 Å². The molecule has 0 bridgehead atoms. The lowest BCUT2D eigenvalue weighted by atomic mass is 9.83. The van der Waals surface area contributed by atoms with Crippen molar-refractivity contribution in [2.45, 2.75) is 45.1 Å². The Morgan fingerprint density at radius 3 is 2.72 bits per heavy atom. The zero-order chi connectivity index (χ0) is 13.2. The average Bonchev–Trinajstić information content (AvgIpc) is 2.78. The number of hydrogen-bond acceptors (Lipinski definition) is 3. The van der Waals surface area contributed by atoms with Gasteiger partial charge in [0.2, 0.25) is 5.91 Å². The number of amides is 1. The van der Waals surface area contributed by atoms with Crippen molar-refractivity contribution in [2.24, 2.45) is 11.3 Å². The smallest absolute Gasteiger partial charge is 0.306 e. The Morgan fingerprint density at radius 1 is 1.39 bits per heavy atom. The molecule has 0 spiro atoms. The number of carbonyl (C=O) groups is 2. The lowest BCUT2D eigenvalue weighted by Gasteiger charge is -2.33. The number of hydrogen-bond donors (Lipinski definition) is 2. The van der Waals surface area contributed by atoms with Gasteiger partial charge in [0.05, 0.1) is 17.9 Å². The zero-order valence-electron chi connectivity index (χ0n) is 10.8. The molecule has 1 heterocycles. The van der Waals surface area contributed by atoms with Crippen molar-refractivity contribution < 1.29 is 19.4 Å². The Hall–Kier alpha value is -1.10. The van der Waals surface area contributed by atoms with Crippen LogP contribution in [-0.2, 0) is 14.3 Å². The molecule has 3 atom stereocenters. The molecule has 1 aliphatic heterocycles. The molecule has 1 aliphatic carbocycles. The first kappa shape index (κ1) is 13.3. The Morgan fingerprint density at radius 2 is 2.17 bits per heavy atom. The zero-order valence-corrected chi connectivity index (χ0v) is 10.8. The highest BCUT2D eigenvalue weighted by molar-refractivity contribution is 5.83. The van der Waals surface area contributed by atoms with Gasteiger partial charge in [0.1, 0.15) is 0 Å². The van der Waals surface area contributed by atoms with Gasteiger partial charge in [-0.15, -0.1) is 0 Å². The van der Waals surface area contributed by atoms with E-state index in [0.717, 1.165) is 25.9 Å². The number of rotatable bonds is 3. The predicted molar refractivity (Wildman–Crippen MR) is 65.1 cm³/mol. The van der Waals surface area contributed by atoms with Crippen molar-refractivity contribution in [3.05, 3.63) is 0 Å². The summed E-state index contributed by atoms with van der Waals surface area (Å²) < 4.78 is 5.38. The predicted octanol–water partition coefficient (Wildman–Crippen LogP) is 1.17. The van der Waals surface area contributed by atoms with Crippen molar-refractivity contribution in [1.82, 2.24) is 5.32 Å². The third kappa shape index (κ3) is 2.83. The fourth-order valence-electron chi connectivity index (χ4n) is 2.81. The van der Waals surface area contributed by atoms with Gasteiger partial charge in [-0.1, -0.05) is 0 Å². The summed E-state index contributed by atoms with van der Waals surface area (Å²) in [6.45, 7) is 3.12. The first-order valence-corrected chi connectivity index (χ1v) is 6.63. The van der Waals surface area contributed by atoms with Gasteiger partial charge >= 0.3 is 5.97 Å². The molecule has 0 aromatic carbocycles. The van der Waals surface area contributed by atoms with Gasteiger partial charge in [-0.3, -0.25) is 9.59 Å². The largest absolute Gasteiger partial charge is 0.481 e. The molecule has 2 aliphatic rings. The van der Waals surface area contributed by atoms with E-state index in [2.05, 4.69) is 5.32 Å². The van der Waals surface area contributed by atoms with Gasteiger partial charge in [0.15, 0.2) is 0 Å². The SMILES string of the molecule is CC1(C(=O)N[C@@H]2CC[C@H](C(=O)O)C2)CCCOC1. The summed E-state index contributed by atoms with van der Waals surface area (Å²) in [6, 6.07) is 0.0114. The van der Waals surface area contributed by atoms with Crippen LogP contribution in [0.2, 0.25) is 0 Å². The number of aliphatic carboxylic acids is 1. The van der Waals surface area contributed by atoms with Gasteiger partial charge in [-0.2, -0.15) is 0 Å². The number of carboxylic acids is 1. The highest BCUT2D eigenvalue weighted by atomic mass is 16.5. The van der Waals surface area contributed by atoms with E-state index in [4.69, 9.17) is 9.84 Å². The molecular weight excluding hydrogens is 234 g/mol. The molecule has 1 unspecified atom stereocenters. The van der Waals surface area contributed by atoms with Crippen LogP contribution >= 0.6 is 0 Å². The van der Waals surface area contributed by atoms with E-state index in [1.165, 1.54) is 0 Å². The molecule has 0 radical (unpaired) electrons. The highest BCUT2D eigenvalue weighted by Crippen LogP contribution is 2.30. The van der Waals surface area contributed by atoms with Crippen LogP contribution in [0.1, 0.15) is 39.0 Å². The van der Waals surface area contributed by atoms with Gasteiger partial charge in [-0.05, 0) is 39.0 Å². The molecule has 102 valence electrons. The summed E-state index contributed by atoms with van der Waals surface area (Å²) in [5.74, 6) is -1.04. The van der Waals surface area contributed by atoms with E-state index in [9.17, 15) is 9.59 Å². The molecule has 5 nitrogen and oxygen atoms in total. The Bertz CT molecular complexity index is 336. The second-order valence-electron chi connectivity index (χ2n) is 5.74. The Balaban J connectivity index is 1.86. The molecule has 0 aromatic heterocycles. The van der Waals surface area contributed by atoms with Crippen molar-refractivity contribution in [1.29, 1.82) is 0 Å². The molecule has 2 fully saturated rings. The third-order valence-electron chi connectivity index (χ3n) is 4.10. The average molecular weight is 255 g/mol. The first-order valence-electron chi connectivity index (χ1n) is 6.63. The fraction of sp³-hybridized carbons (Fsp3) is 0.846. The molecule has 1 saturated heterocycles. The summed E-state index contributed by atoms with van der Waals surface area (Å²) in [5.41, 5.74) is -0.445. The van der Waals surface area contributed by atoms with Crippen molar-refractivity contribution in [3.8, 4) is 0 Å². The summed E-state index contributed by atoms with van der Waals surface area (Å²) in [5, 5.41) is 11.9. The minimum atomic E-state index is -0.751. The number of ether oxygens (including phenoxy) is 1. The van der Waals surface area contributed by atoms with Crippen LogP contribution < -0.4 is 5.32 Å². The Labute approximate surface area is 107 Å². The summed E-state index contributed by atoms with van der Waals surface area (Å²) in [7, 11) is 0. The van der Waals surface area contributed by atoms with E-state index in [0.29, 0.717) is 19.4 Å². The van der Waals surface area contributed by atoms with E-state index >= 15 is 0 Å². The van der Waals surface area contributed by atoms with Crippen molar-refractivity contribution in [3.63, 3.8) is 0 Å². The summed E-state index contributed by atoms with van der Waals surface area (Å²) >= 11 is 0. The lowest BCUT2D eigenvalue weighted by Crippen LogP contribution is -2.47. The summed E-state index contributed by atoms with van der Waals surface area (Å²) in [6.07, 6.45) is 3.73. The van der Waals surface area contributed by atoms with E-state index < -0.39 is 11.4 Å². The number of carbonyl (C=O) groups excluding carboxylic acids is 1. The van der Waals surface area contributed by atoms with Crippen LogP contribution in [0.5, 0.6) is 0 Å². The van der Waals surface area contributed by atoms with Crippen molar-refractivity contribution in [2.75, 3.05) is 13.2 Å². The fourth-order valence-corrected chi connectivity index (χ4v) is 2.81. The van der Waals surface area contributed by atoms with E-state index in [1.54, 1.807) is 0 Å². The standard InChI is InChI=1S/C13H21NO4/c1-13(5-2-6-18-8-13)12(17)14-10-4-3-9(7-10)11(15)16/h9-10H,2-8H2,1H3,(H,14,17)(H,15,16)/t9-,10+,13?/m0/s1. The molecule has 1 amide bonds. The second-order valence-corrected chi connectivity index (χ2v) is 5.74. The molecule has 1 saturated carbocycles. The van der Waals surface area contributed by atoms with Crippen LogP contribution in [0.3, 0.4) is 0 Å². The maximum Gasteiger partial charge on any atom is 0.306 e. The summed E-state index contributed by atoms with van der Waals surface area (Å²) in [4.78, 5) is 23.1. The number of nitrogens with one attached hydrogen (secondary N) is 1. The normalized spacial score (nSPS) is 36.3. The molecule has 0 aromatic rings. The molecule has 2 N–H and O–H groups in total. The van der Waals surface area contributed by atoms with Crippen LogP contribution in [0.25, 0.3) is 0 Å². The van der Waals surface area contributed by atoms with Gasteiger partial charge < -0.3 is 15.2 Å². The molecule has 5 heteroatoms. The maximum atomic E-state index is 12.2. The minimum absolute atomic E-state index is 0.0114. The van der Waals surface area contributed by atoms with Crippen LogP contribution in [0.15, 0.2) is 0 Å². The molecule has 2 rings (SSSR count). The monoisotopic (exact) mass is 255 g/mol. The van der Waals surface area contributed by atoms with Gasteiger partial charge in [0, 0.05) is 12.6 Å². The highest BCUT2D eigenvalue weighted by Gasteiger charge is 2.38. The minimum Gasteiger partial charge on any atom is -0.481 e. The third-order valence-corrected chi connectivity index (χ3v) is 4.10. The quantitative estimate of drug-likeness (QED) is 0.794. The van der Waals surface area contributed by atoms with E-state index in [1.807, 2.05) is 6.92 Å². The van der Waals surface area contributed by atoms with Crippen LogP contribution in [0, 0.1) is 11.3 Å². The first-order chi connectivity index (χ1) is 8.51.